The Balaban J connectivity index is 0.00000275. The highest BCUT2D eigenvalue weighted by Gasteiger charge is 2.62. The number of carbonyl (C=O) groups excluding carboxylic acids is 4. The Bertz CT molecular complexity index is 2320. The molecule has 0 radical (unpaired) electrons. The molecule has 2 aliphatic carbocycles. The van der Waals surface area contributed by atoms with E-state index >= 15 is 0 Å². The number of para-hydroxylation sites is 1. The van der Waals surface area contributed by atoms with Crippen molar-refractivity contribution in [2.45, 2.75) is 93.7 Å². The van der Waals surface area contributed by atoms with Crippen LogP contribution in [0.4, 0.5) is 0 Å². The molecule has 2 aromatic carbocycles. The average molecular weight is 802 g/mol. The van der Waals surface area contributed by atoms with E-state index in [1.54, 1.807) is 6.92 Å². The number of allylic oxidation sites excluding steroid dienone is 1. The summed E-state index contributed by atoms with van der Waals surface area (Å²) in [5.41, 5.74) is -0.0889. The summed E-state index contributed by atoms with van der Waals surface area (Å²) in [6.45, 7) is 1.75. The predicted molar refractivity (Wildman–Crippen MR) is 210 cm³/mol. The van der Waals surface area contributed by atoms with Gasteiger partial charge in [0.15, 0.2) is 0 Å². The Morgan fingerprint density at radius 3 is 2.40 bits per heavy atom. The third kappa shape index (κ3) is 8.45. The zero-order chi connectivity index (χ0) is 38.3. The van der Waals surface area contributed by atoms with Crippen molar-refractivity contribution in [3.05, 3.63) is 84.5 Å². The quantitative estimate of drug-likeness (QED) is 0.181. The molecular formula is C40H47N7O9S. The molecule has 0 unspecified atom stereocenters. The van der Waals surface area contributed by atoms with Gasteiger partial charge in [0.25, 0.3) is 11.8 Å². The molecule has 4 aromatic rings. The van der Waals surface area contributed by atoms with Crippen LogP contribution in [0.3, 0.4) is 0 Å². The van der Waals surface area contributed by atoms with Gasteiger partial charge in [-0.1, -0.05) is 61.4 Å². The molecule has 3 fully saturated rings. The van der Waals surface area contributed by atoms with Gasteiger partial charge in [0.05, 0.1) is 29.2 Å². The van der Waals surface area contributed by atoms with Gasteiger partial charge in [-0.25, -0.2) is 18.4 Å². The lowest BCUT2D eigenvalue weighted by atomic mass is 10.0. The standard InChI is InChI=1S/C40H43N7O7S.2H2O/c1-24-21-42-33(22-41-24)35(48)43-32-16-6-4-2-3-5-11-25-20-40(25,39(51)46-55(52,53)27-17-18-27)45-36(49)34-19-26(23-47(34)38(32)50)54-37-30-14-8-7-12-28(30)29-13-9-10-15-31(29)44-37;;/h5,7-15,21-22,25-27,32,34H,2-4,6,16-20,23H2,1H3,(H,43,48)(H,45,49)(H,46,51);2*1H2/b11-5-;;/t25-,26-,32+,34+,40-;;/m1../s1. The number of benzene rings is 2. The van der Waals surface area contributed by atoms with Gasteiger partial charge in [0.1, 0.15) is 29.4 Å². The van der Waals surface area contributed by atoms with E-state index in [9.17, 15) is 27.6 Å². The second-order valence-electron chi connectivity index (χ2n) is 15.0. The number of aryl methyl sites for hydroxylation is 1. The number of pyridine rings is 1. The van der Waals surface area contributed by atoms with Crippen LogP contribution in [0.25, 0.3) is 21.7 Å². The van der Waals surface area contributed by atoms with Crippen LogP contribution >= 0.6 is 0 Å². The molecule has 57 heavy (non-hydrogen) atoms. The maximum absolute atomic E-state index is 14.6. The number of hydrogen-bond donors (Lipinski definition) is 3. The Morgan fingerprint density at radius 1 is 0.930 bits per heavy atom. The van der Waals surface area contributed by atoms with Gasteiger partial charge in [-0.05, 0) is 63.0 Å². The highest BCUT2D eigenvalue weighted by atomic mass is 32.2. The number of carbonyl (C=O) groups is 4. The van der Waals surface area contributed by atoms with Crippen molar-refractivity contribution in [2.75, 3.05) is 6.54 Å². The molecule has 17 heteroatoms. The number of nitrogens with one attached hydrogen (secondary N) is 3. The Morgan fingerprint density at radius 2 is 1.67 bits per heavy atom. The van der Waals surface area contributed by atoms with E-state index in [0.29, 0.717) is 43.7 Å². The van der Waals surface area contributed by atoms with E-state index in [-0.39, 0.29) is 36.0 Å². The van der Waals surface area contributed by atoms with E-state index < -0.39 is 68.5 Å². The SMILES string of the molecule is Cc1cnc(C(=O)N[C@H]2CCCCC/C=C\[C@@H]3C[C@@]3(C(=O)NS(=O)(=O)C3CC3)NC(=O)[C@@H]3C[C@@H](Oc4nc5ccccc5c5ccccc45)CN3C2=O)cn1.O.O. The molecule has 5 atom stereocenters. The molecule has 16 nitrogen and oxygen atoms in total. The summed E-state index contributed by atoms with van der Waals surface area (Å²) in [7, 11) is -3.89. The molecule has 302 valence electrons. The summed E-state index contributed by atoms with van der Waals surface area (Å²) in [6.07, 6.45) is 10.4. The molecule has 1 saturated heterocycles. The van der Waals surface area contributed by atoms with Crippen LogP contribution in [0.2, 0.25) is 0 Å². The van der Waals surface area contributed by atoms with Gasteiger partial charge >= 0.3 is 0 Å². The molecule has 2 aromatic heterocycles. The fourth-order valence-corrected chi connectivity index (χ4v) is 9.07. The van der Waals surface area contributed by atoms with Crippen LogP contribution in [0.1, 0.15) is 74.0 Å². The monoisotopic (exact) mass is 801 g/mol. The maximum atomic E-state index is 14.6. The van der Waals surface area contributed by atoms with Crippen molar-refractivity contribution in [1.82, 2.24) is 35.2 Å². The summed E-state index contributed by atoms with van der Waals surface area (Å²) in [5, 5.41) is 7.79. The summed E-state index contributed by atoms with van der Waals surface area (Å²) in [6, 6.07) is 13.3. The minimum Gasteiger partial charge on any atom is -0.472 e. The van der Waals surface area contributed by atoms with Gasteiger partial charge < -0.3 is 31.2 Å². The average Bonchev–Trinajstić information content (AvgIpc) is 4.11. The number of hydrogen-bond acceptors (Lipinski definition) is 10. The molecular weight excluding hydrogens is 755 g/mol. The van der Waals surface area contributed by atoms with Crippen molar-refractivity contribution in [1.29, 1.82) is 0 Å². The lowest BCUT2D eigenvalue weighted by Gasteiger charge is -2.29. The predicted octanol–water partition coefficient (Wildman–Crippen LogP) is 1.99. The van der Waals surface area contributed by atoms with Gasteiger partial charge in [0, 0.05) is 29.3 Å². The smallest absolute Gasteiger partial charge is 0.272 e. The molecule has 7 N–H and O–H groups in total. The number of rotatable bonds is 7. The highest BCUT2D eigenvalue weighted by Crippen LogP contribution is 2.46. The second-order valence-corrected chi connectivity index (χ2v) is 17.0. The van der Waals surface area contributed by atoms with Crippen molar-refractivity contribution in [3.8, 4) is 5.88 Å². The summed E-state index contributed by atoms with van der Waals surface area (Å²) >= 11 is 0. The number of fused-ring (bicyclic) bond motifs is 5. The molecule has 4 amide bonds. The summed E-state index contributed by atoms with van der Waals surface area (Å²) in [4.78, 5) is 70.9. The Kier molecular flexibility index (Phi) is 11.9. The lowest BCUT2D eigenvalue weighted by Crippen LogP contribution is -2.58. The summed E-state index contributed by atoms with van der Waals surface area (Å²) < 4.78 is 34.6. The molecule has 4 heterocycles. The minimum absolute atomic E-state index is 0. The number of sulfonamides is 1. The van der Waals surface area contributed by atoms with Crippen molar-refractivity contribution < 1.29 is 43.3 Å². The van der Waals surface area contributed by atoms with Crippen LogP contribution in [0.5, 0.6) is 5.88 Å². The molecule has 0 spiro atoms. The Hall–Kier alpha value is -5.52. The first kappa shape index (κ1) is 41.1. The third-order valence-electron chi connectivity index (χ3n) is 11.0. The van der Waals surface area contributed by atoms with Gasteiger partial charge in [-0.3, -0.25) is 28.9 Å². The first-order valence-electron chi connectivity index (χ1n) is 18.9. The van der Waals surface area contributed by atoms with Crippen LogP contribution in [0, 0.1) is 12.8 Å². The van der Waals surface area contributed by atoms with E-state index in [2.05, 4.69) is 25.3 Å². The molecule has 2 saturated carbocycles. The van der Waals surface area contributed by atoms with Gasteiger partial charge in [-0.2, -0.15) is 0 Å². The lowest BCUT2D eigenvalue weighted by molar-refractivity contribution is -0.141. The zero-order valence-electron chi connectivity index (χ0n) is 31.4. The number of aromatic nitrogens is 3. The number of nitrogens with zero attached hydrogens (tertiary/aromatic N) is 4. The first-order chi connectivity index (χ1) is 26.5. The zero-order valence-corrected chi connectivity index (χ0v) is 32.3. The molecule has 2 aliphatic heterocycles. The van der Waals surface area contributed by atoms with Crippen molar-refractivity contribution in [3.63, 3.8) is 0 Å². The van der Waals surface area contributed by atoms with Crippen molar-refractivity contribution >= 4 is 55.3 Å². The van der Waals surface area contributed by atoms with Gasteiger partial charge in [0.2, 0.25) is 27.7 Å². The number of ether oxygens (including phenoxy) is 1. The second kappa shape index (κ2) is 16.5. The van der Waals surface area contributed by atoms with Crippen LogP contribution in [-0.2, 0) is 24.4 Å². The highest BCUT2D eigenvalue weighted by molar-refractivity contribution is 7.91. The fraction of sp³-hybridized carbons (Fsp3) is 0.425. The van der Waals surface area contributed by atoms with Crippen molar-refractivity contribution in [2.24, 2.45) is 5.92 Å². The topological polar surface area (TPSA) is 253 Å². The Labute approximate surface area is 329 Å². The molecule has 8 rings (SSSR count). The third-order valence-corrected chi connectivity index (χ3v) is 12.8. The van der Waals surface area contributed by atoms with E-state index in [4.69, 9.17) is 9.72 Å². The number of amides is 4. The summed E-state index contributed by atoms with van der Waals surface area (Å²) in [5.74, 6) is -2.52. The maximum Gasteiger partial charge on any atom is 0.272 e. The largest absolute Gasteiger partial charge is 0.472 e. The molecule has 4 aliphatic rings. The van der Waals surface area contributed by atoms with E-state index in [1.165, 1.54) is 17.3 Å². The molecule has 0 bridgehead atoms. The van der Waals surface area contributed by atoms with Crippen LogP contribution in [0.15, 0.2) is 73.1 Å². The first-order valence-corrected chi connectivity index (χ1v) is 20.5. The van der Waals surface area contributed by atoms with E-state index in [0.717, 1.165) is 34.5 Å². The van der Waals surface area contributed by atoms with Gasteiger partial charge in [-0.15, -0.1) is 0 Å². The normalized spacial score (nSPS) is 25.6. The van der Waals surface area contributed by atoms with Crippen LogP contribution in [-0.4, -0.2) is 98.4 Å². The fourth-order valence-electron chi connectivity index (χ4n) is 7.71. The van der Waals surface area contributed by atoms with E-state index in [1.807, 2.05) is 60.7 Å². The minimum atomic E-state index is -3.89. The van der Waals surface area contributed by atoms with Crippen LogP contribution < -0.4 is 20.1 Å².